The average molecular weight is 266 g/mol. The van der Waals surface area contributed by atoms with Crippen molar-refractivity contribution in [3.05, 3.63) is 0 Å². The van der Waals surface area contributed by atoms with Gasteiger partial charge in [0.25, 0.3) is 18.5 Å². The molecule has 0 saturated carbocycles. The largest absolute Gasteiger partial charge is 0.357 e. The van der Waals surface area contributed by atoms with Gasteiger partial charge in [-0.1, -0.05) is 0 Å². The molecule has 0 spiro atoms. The van der Waals surface area contributed by atoms with Crippen LogP contribution in [-0.4, -0.2) is 37.0 Å². The zero-order chi connectivity index (χ0) is 13.4. The molecule has 0 bridgehead atoms. The number of alkyl halides is 10. The molecular formula is C6H4F10. The Kier molecular flexibility index (Phi) is 4.10. The highest BCUT2D eigenvalue weighted by Gasteiger charge is 2.77. The van der Waals surface area contributed by atoms with Crippen LogP contribution in [0.25, 0.3) is 0 Å². The zero-order valence-corrected chi connectivity index (χ0v) is 7.14. The molecule has 16 heavy (non-hydrogen) atoms. The first kappa shape index (κ1) is 15.3. The van der Waals surface area contributed by atoms with Crippen LogP contribution in [0.2, 0.25) is 0 Å². The van der Waals surface area contributed by atoms with Gasteiger partial charge in [0.05, 0.1) is 0 Å². The first-order valence-electron chi connectivity index (χ1n) is 3.52. The van der Waals surface area contributed by atoms with E-state index in [-0.39, 0.29) is 0 Å². The van der Waals surface area contributed by atoms with Gasteiger partial charge in [0.1, 0.15) is 0 Å². The van der Waals surface area contributed by atoms with Crippen molar-refractivity contribution in [2.45, 2.75) is 30.4 Å². The van der Waals surface area contributed by atoms with Crippen molar-refractivity contribution in [2.75, 3.05) is 6.67 Å². The lowest BCUT2D eigenvalue weighted by Gasteiger charge is -2.35. The van der Waals surface area contributed by atoms with Crippen molar-refractivity contribution >= 4 is 0 Å². The summed E-state index contributed by atoms with van der Waals surface area (Å²) in [6.07, 6.45) is -10.2. The van der Waals surface area contributed by atoms with E-state index in [1.165, 1.54) is 0 Å². The molecule has 10 heteroatoms. The highest BCUT2D eigenvalue weighted by atomic mass is 19.3. The smallest absolute Gasteiger partial charge is 0.244 e. The van der Waals surface area contributed by atoms with E-state index in [0.717, 1.165) is 0 Å². The minimum atomic E-state index is -6.53. The molecule has 0 atom stereocenters. The Balaban J connectivity index is 5.55. The molecule has 0 rings (SSSR count). The number of hydrogen-bond donors (Lipinski definition) is 0. The highest BCUT2D eigenvalue weighted by Crippen LogP contribution is 2.50. The van der Waals surface area contributed by atoms with Crippen molar-refractivity contribution in [3.63, 3.8) is 0 Å². The lowest BCUT2D eigenvalue weighted by molar-refractivity contribution is -0.326. The van der Waals surface area contributed by atoms with Crippen molar-refractivity contribution in [2.24, 2.45) is 0 Å². The standard InChI is InChI=1S/C6H4F10/c7-1-4(12,13)6(15,16)5(14,2(8)9)3(10)11/h2-3H,1H2. The molecule has 0 aromatic heterocycles. The van der Waals surface area contributed by atoms with Gasteiger partial charge in [0.2, 0.25) is 0 Å². The molecule has 0 aliphatic rings. The van der Waals surface area contributed by atoms with E-state index in [2.05, 4.69) is 0 Å². The van der Waals surface area contributed by atoms with Gasteiger partial charge in [-0.2, -0.15) is 17.6 Å². The highest BCUT2D eigenvalue weighted by molar-refractivity contribution is 5.05. The van der Waals surface area contributed by atoms with Crippen LogP contribution in [0.15, 0.2) is 0 Å². The second-order valence-electron chi connectivity index (χ2n) is 2.78. The lowest BCUT2D eigenvalue weighted by Crippen LogP contribution is -2.64. The fourth-order valence-corrected chi connectivity index (χ4v) is 0.734. The summed E-state index contributed by atoms with van der Waals surface area (Å²) in [5.74, 6) is -12.5. The summed E-state index contributed by atoms with van der Waals surface area (Å²) in [6, 6.07) is 0. The Morgan fingerprint density at radius 1 is 0.750 bits per heavy atom. The van der Waals surface area contributed by atoms with Crippen LogP contribution in [0.1, 0.15) is 0 Å². The van der Waals surface area contributed by atoms with Crippen molar-refractivity contribution in [3.8, 4) is 0 Å². The fraction of sp³-hybridized carbons (Fsp3) is 1.00. The van der Waals surface area contributed by atoms with Gasteiger partial charge < -0.3 is 0 Å². The van der Waals surface area contributed by atoms with E-state index >= 15 is 0 Å². The topological polar surface area (TPSA) is 0 Å². The third-order valence-electron chi connectivity index (χ3n) is 1.74. The molecule has 0 heterocycles. The maximum absolute atomic E-state index is 12.6. The van der Waals surface area contributed by atoms with Crippen LogP contribution in [-0.2, 0) is 0 Å². The summed E-state index contributed by atoms with van der Waals surface area (Å²) in [5.41, 5.74) is -6.11. The average Bonchev–Trinajstić information content (AvgIpc) is 2.15. The monoisotopic (exact) mass is 266 g/mol. The second kappa shape index (κ2) is 4.28. The molecule has 0 saturated heterocycles. The van der Waals surface area contributed by atoms with Crippen molar-refractivity contribution < 1.29 is 43.9 Å². The fourth-order valence-electron chi connectivity index (χ4n) is 0.734. The summed E-state index contributed by atoms with van der Waals surface area (Å²) in [7, 11) is 0. The molecule has 0 nitrogen and oxygen atoms in total. The zero-order valence-electron chi connectivity index (χ0n) is 7.14. The Labute approximate surface area is 82.2 Å². The first-order chi connectivity index (χ1) is 6.95. The molecule has 0 aliphatic heterocycles. The number of rotatable bonds is 5. The number of halogens is 10. The first-order valence-corrected chi connectivity index (χ1v) is 3.52. The second-order valence-corrected chi connectivity index (χ2v) is 2.78. The third-order valence-corrected chi connectivity index (χ3v) is 1.74. The summed E-state index contributed by atoms with van der Waals surface area (Å²) in [5, 5.41) is 0. The van der Waals surface area contributed by atoms with Gasteiger partial charge in [0.15, 0.2) is 6.67 Å². The van der Waals surface area contributed by atoms with E-state index in [4.69, 9.17) is 0 Å². The van der Waals surface area contributed by atoms with Crippen LogP contribution in [0, 0.1) is 0 Å². The van der Waals surface area contributed by atoms with E-state index in [0.29, 0.717) is 0 Å². The number of hydrogen-bond acceptors (Lipinski definition) is 0. The Morgan fingerprint density at radius 3 is 1.25 bits per heavy atom. The predicted octanol–water partition coefficient (Wildman–Crippen LogP) is 3.47. The van der Waals surface area contributed by atoms with Gasteiger partial charge in [-0.05, 0) is 0 Å². The third kappa shape index (κ3) is 1.93. The molecule has 0 aromatic carbocycles. The van der Waals surface area contributed by atoms with Gasteiger partial charge >= 0.3 is 11.8 Å². The molecule has 0 fully saturated rings. The quantitative estimate of drug-likeness (QED) is 0.668. The van der Waals surface area contributed by atoms with Gasteiger partial charge in [-0.3, -0.25) is 0 Å². The van der Waals surface area contributed by atoms with Gasteiger partial charge in [-0.15, -0.1) is 0 Å². The molecule has 0 unspecified atom stereocenters. The minimum absolute atomic E-state index is 3.24. The Hall–Kier alpha value is -0.700. The molecule has 0 aromatic rings. The van der Waals surface area contributed by atoms with Crippen LogP contribution >= 0.6 is 0 Å². The van der Waals surface area contributed by atoms with E-state index in [1.807, 2.05) is 0 Å². The predicted molar refractivity (Wildman–Crippen MR) is 31.7 cm³/mol. The molecule has 0 radical (unpaired) electrons. The summed E-state index contributed by atoms with van der Waals surface area (Å²) in [4.78, 5) is 0. The summed E-state index contributed by atoms with van der Waals surface area (Å²) >= 11 is 0. The van der Waals surface area contributed by atoms with Gasteiger partial charge in [-0.25, -0.2) is 26.3 Å². The van der Waals surface area contributed by atoms with E-state index < -0.39 is 37.0 Å². The molecular weight excluding hydrogens is 262 g/mol. The van der Waals surface area contributed by atoms with E-state index in [9.17, 15) is 43.9 Å². The SMILES string of the molecule is FCC(F)(F)C(F)(F)C(F)(C(F)F)C(F)F. The Morgan fingerprint density at radius 2 is 1.06 bits per heavy atom. The van der Waals surface area contributed by atoms with Gasteiger partial charge in [0, 0.05) is 0 Å². The van der Waals surface area contributed by atoms with Crippen molar-refractivity contribution in [1.29, 1.82) is 0 Å². The normalized spacial score (nSPS) is 15.0. The van der Waals surface area contributed by atoms with Crippen LogP contribution < -0.4 is 0 Å². The van der Waals surface area contributed by atoms with Crippen LogP contribution in [0.3, 0.4) is 0 Å². The van der Waals surface area contributed by atoms with E-state index in [1.54, 1.807) is 0 Å². The molecule has 0 N–H and O–H groups in total. The molecule has 98 valence electrons. The lowest BCUT2D eigenvalue weighted by atomic mass is 9.93. The minimum Gasteiger partial charge on any atom is -0.244 e. The van der Waals surface area contributed by atoms with Crippen LogP contribution in [0.5, 0.6) is 0 Å². The summed E-state index contributed by atoms with van der Waals surface area (Å²) < 4.78 is 120. The summed E-state index contributed by atoms with van der Waals surface area (Å²) in [6.45, 7) is -3.24. The molecule has 0 amide bonds. The van der Waals surface area contributed by atoms with Crippen LogP contribution in [0.4, 0.5) is 43.9 Å². The maximum atomic E-state index is 12.6. The molecule has 0 aliphatic carbocycles. The Bertz CT molecular complexity index is 225. The maximum Gasteiger partial charge on any atom is 0.357 e. The van der Waals surface area contributed by atoms with Crippen molar-refractivity contribution in [1.82, 2.24) is 0 Å².